The van der Waals surface area contributed by atoms with E-state index >= 15 is 0 Å². The number of benzene rings is 2. The van der Waals surface area contributed by atoms with E-state index in [1.807, 2.05) is 7.11 Å². The van der Waals surface area contributed by atoms with Crippen LogP contribution in [0.4, 0.5) is 0 Å². The second-order valence-electron chi connectivity index (χ2n) is 16.1. The summed E-state index contributed by atoms with van der Waals surface area (Å²) in [5.74, 6) is 2.00. The molecule has 0 heterocycles. The fourth-order valence-electron chi connectivity index (χ4n) is 7.44. The summed E-state index contributed by atoms with van der Waals surface area (Å²) >= 11 is 0. The third kappa shape index (κ3) is 5.39. The van der Waals surface area contributed by atoms with Gasteiger partial charge in [0, 0.05) is 23.0 Å². The maximum atomic E-state index is 6.15. The Labute approximate surface area is 252 Å². The molecule has 0 N–H and O–H groups in total. The second kappa shape index (κ2) is 10.3. The van der Waals surface area contributed by atoms with Gasteiger partial charge < -0.3 is 4.74 Å². The van der Waals surface area contributed by atoms with E-state index < -0.39 is 0 Å². The first-order chi connectivity index (χ1) is 18.7. The Morgan fingerprint density at radius 3 is 1.51 bits per heavy atom. The molecule has 0 saturated heterocycles. The number of allylic oxidation sites excluding steroid dienone is 5. The van der Waals surface area contributed by atoms with E-state index in [0.717, 1.165) is 12.2 Å². The van der Waals surface area contributed by atoms with Crippen LogP contribution in [0.1, 0.15) is 143 Å². The lowest BCUT2D eigenvalue weighted by molar-refractivity contribution is 0.381. The highest BCUT2D eigenvalue weighted by molar-refractivity contribution is 5.86. The Balaban J connectivity index is 2.04. The van der Waals surface area contributed by atoms with Gasteiger partial charge in [-0.3, -0.25) is 0 Å². The Kier molecular flexibility index (Phi) is 7.90. The van der Waals surface area contributed by atoms with Gasteiger partial charge in [0.25, 0.3) is 0 Å². The van der Waals surface area contributed by atoms with Crippen LogP contribution in [0.2, 0.25) is 0 Å². The zero-order valence-corrected chi connectivity index (χ0v) is 29.1. The summed E-state index contributed by atoms with van der Waals surface area (Å²) in [6.45, 7) is 35.0. The fourth-order valence-corrected chi connectivity index (χ4v) is 7.44. The zero-order valence-electron chi connectivity index (χ0n) is 29.1. The number of hydrogen-bond donors (Lipinski definition) is 0. The van der Waals surface area contributed by atoms with Gasteiger partial charge in [-0.2, -0.15) is 0 Å². The molecule has 1 nitrogen and oxygen atoms in total. The van der Waals surface area contributed by atoms with Crippen LogP contribution in [0.15, 0.2) is 46.1 Å². The molecule has 0 spiro atoms. The van der Waals surface area contributed by atoms with E-state index in [0.29, 0.717) is 11.8 Å². The maximum Gasteiger partial charge on any atom is 0.126 e. The third-order valence-electron chi connectivity index (χ3n) is 10.2. The summed E-state index contributed by atoms with van der Waals surface area (Å²) in [5.41, 5.74) is 18.7. The van der Waals surface area contributed by atoms with Gasteiger partial charge in [-0.25, -0.2) is 0 Å². The third-order valence-corrected chi connectivity index (χ3v) is 10.2. The average molecular weight is 553 g/mol. The summed E-state index contributed by atoms with van der Waals surface area (Å²) in [7, 11) is 1.83. The molecule has 2 aromatic carbocycles. The molecule has 2 aliphatic carbocycles. The normalized spacial score (nSPS) is 18.4. The molecular formula is C40H56O. The molecule has 222 valence electrons. The monoisotopic (exact) mass is 552 g/mol. The van der Waals surface area contributed by atoms with Gasteiger partial charge in [-0.1, -0.05) is 91.2 Å². The lowest BCUT2D eigenvalue weighted by Crippen LogP contribution is -2.20. The zero-order chi connectivity index (χ0) is 31.0. The summed E-state index contributed by atoms with van der Waals surface area (Å²) in [6.07, 6.45) is 3.66. The fraction of sp³-hybridized carbons (Fsp3) is 0.550. The molecule has 1 atom stereocenters. The predicted octanol–water partition coefficient (Wildman–Crippen LogP) is 11.8. The maximum absolute atomic E-state index is 6.15. The Morgan fingerprint density at radius 1 is 0.634 bits per heavy atom. The van der Waals surface area contributed by atoms with Crippen LogP contribution in [-0.4, -0.2) is 7.11 Å². The van der Waals surface area contributed by atoms with Gasteiger partial charge in [0.1, 0.15) is 5.75 Å². The van der Waals surface area contributed by atoms with Crippen molar-refractivity contribution >= 4 is 6.08 Å². The van der Waals surface area contributed by atoms with Crippen LogP contribution in [0.3, 0.4) is 0 Å². The van der Waals surface area contributed by atoms with Crippen LogP contribution in [0.5, 0.6) is 5.75 Å². The Hall–Kier alpha value is -2.54. The lowest BCUT2D eigenvalue weighted by atomic mass is 9.74. The van der Waals surface area contributed by atoms with Gasteiger partial charge in [0.05, 0.1) is 7.11 Å². The van der Waals surface area contributed by atoms with Crippen molar-refractivity contribution < 1.29 is 4.74 Å². The average Bonchev–Trinajstić information content (AvgIpc) is 3.24. The highest BCUT2D eigenvalue weighted by Crippen LogP contribution is 2.52. The molecule has 0 amide bonds. The van der Waals surface area contributed by atoms with Crippen LogP contribution in [0, 0.1) is 12.8 Å². The molecule has 41 heavy (non-hydrogen) atoms. The Morgan fingerprint density at radius 2 is 1.10 bits per heavy atom. The Bertz CT molecular complexity index is 1420. The van der Waals surface area contributed by atoms with Crippen molar-refractivity contribution in [3.8, 4) is 16.9 Å². The molecule has 4 rings (SSSR count). The highest BCUT2D eigenvalue weighted by atomic mass is 16.5. The van der Waals surface area contributed by atoms with Crippen molar-refractivity contribution in [3.63, 3.8) is 0 Å². The molecule has 2 aromatic rings. The van der Waals surface area contributed by atoms with Gasteiger partial charge in [-0.15, -0.1) is 0 Å². The van der Waals surface area contributed by atoms with Crippen molar-refractivity contribution in [1.29, 1.82) is 0 Å². The molecule has 1 unspecified atom stereocenters. The predicted molar refractivity (Wildman–Crippen MR) is 181 cm³/mol. The molecule has 0 saturated carbocycles. The van der Waals surface area contributed by atoms with Crippen molar-refractivity contribution in [1.82, 2.24) is 0 Å². The largest absolute Gasteiger partial charge is 0.496 e. The topological polar surface area (TPSA) is 9.23 Å². The van der Waals surface area contributed by atoms with E-state index in [1.165, 1.54) is 61.2 Å². The van der Waals surface area contributed by atoms with Gasteiger partial charge in [0.2, 0.25) is 0 Å². The van der Waals surface area contributed by atoms with E-state index in [1.54, 1.807) is 11.1 Å². The molecule has 0 aromatic heterocycles. The second-order valence-corrected chi connectivity index (χ2v) is 16.1. The molecular weight excluding hydrogens is 496 g/mol. The van der Waals surface area contributed by atoms with E-state index in [9.17, 15) is 0 Å². The summed E-state index contributed by atoms with van der Waals surface area (Å²) in [4.78, 5) is 0. The summed E-state index contributed by atoms with van der Waals surface area (Å²) in [6, 6.07) is 7.43. The first kappa shape index (κ1) is 31.4. The lowest BCUT2D eigenvalue weighted by Gasteiger charge is -2.32. The van der Waals surface area contributed by atoms with Crippen LogP contribution in [-0.2, 0) is 16.2 Å². The first-order valence-corrected chi connectivity index (χ1v) is 15.6. The van der Waals surface area contributed by atoms with Crippen molar-refractivity contribution in [2.75, 3.05) is 7.11 Å². The molecule has 0 radical (unpaired) electrons. The van der Waals surface area contributed by atoms with E-state index in [4.69, 9.17) is 4.74 Å². The van der Waals surface area contributed by atoms with E-state index in [2.05, 4.69) is 128 Å². The summed E-state index contributed by atoms with van der Waals surface area (Å²) < 4.78 is 6.15. The molecule has 0 aliphatic heterocycles. The molecule has 0 fully saturated rings. The molecule has 1 heteroatoms. The van der Waals surface area contributed by atoms with Crippen LogP contribution < -0.4 is 4.74 Å². The standard InChI is InChI=1S/C40H56O/c1-22-17-32-31(29(22)20-30-25(4)23(2)24(3)26(30)5)21-33(38(7,8)9)27(6)36(32)28-18-34(39(10,11)12)37(41-16)35(19-28)40(13,14)15/h17-19,21,29-30H,20H2,1-16H3. The number of ether oxygens (including phenoxy) is 1. The van der Waals surface area contributed by atoms with Gasteiger partial charge in [-0.05, 0) is 121 Å². The minimum absolute atomic E-state index is 0.0414. The summed E-state index contributed by atoms with van der Waals surface area (Å²) in [5, 5.41) is 0. The van der Waals surface area contributed by atoms with E-state index in [-0.39, 0.29) is 16.2 Å². The molecule has 2 aliphatic rings. The number of rotatable bonds is 4. The minimum Gasteiger partial charge on any atom is -0.496 e. The first-order valence-electron chi connectivity index (χ1n) is 15.6. The van der Waals surface area contributed by atoms with Crippen molar-refractivity contribution in [2.24, 2.45) is 5.92 Å². The van der Waals surface area contributed by atoms with Gasteiger partial charge >= 0.3 is 0 Å². The molecule has 0 bridgehead atoms. The number of hydrogen-bond acceptors (Lipinski definition) is 1. The highest BCUT2D eigenvalue weighted by Gasteiger charge is 2.35. The number of methoxy groups -OCH3 is 1. The SMILES string of the molecule is COc1c(C(C)(C)C)cc(-c2c(C)c(C(C)(C)C)cc3c2C=C(C)C3CC2C(C)=C(C)C(C)=C2C)cc1C(C)(C)C. The van der Waals surface area contributed by atoms with Crippen molar-refractivity contribution in [2.45, 2.75) is 132 Å². The quantitative estimate of drug-likeness (QED) is 0.366. The smallest absolute Gasteiger partial charge is 0.126 e. The van der Waals surface area contributed by atoms with Crippen molar-refractivity contribution in [3.05, 3.63) is 79.4 Å². The van der Waals surface area contributed by atoms with Gasteiger partial charge in [0.15, 0.2) is 0 Å². The van der Waals surface area contributed by atoms with Crippen LogP contribution >= 0.6 is 0 Å². The van der Waals surface area contributed by atoms with Crippen LogP contribution in [0.25, 0.3) is 17.2 Å². The minimum atomic E-state index is -0.0414. The number of fused-ring (bicyclic) bond motifs is 1.